The van der Waals surface area contributed by atoms with Crippen LogP contribution in [-0.2, 0) is 16.9 Å². The van der Waals surface area contributed by atoms with Gasteiger partial charge in [0.25, 0.3) is 0 Å². The smallest absolute Gasteiger partial charge is 0.382 e. The zero-order chi connectivity index (χ0) is 22.3. The monoisotopic (exact) mass is 448 g/mol. The predicted octanol–water partition coefficient (Wildman–Crippen LogP) is -0.485. The molecule has 2 aromatic heterocycles. The Morgan fingerprint density at radius 3 is 2.88 bits per heavy atom. The highest BCUT2D eigenvalue weighted by atomic mass is 19.4. The number of hydrogen-bond donors (Lipinski definition) is 3. The molecule has 2 saturated heterocycles. The van der Waals surface area contributed by atoms with Crippen LogP contribution in [0.25, 0.3) is 16.7 Å². The summed E-state index contributed by atoms with van der Waals surface area (Å²) >= 11 is 0. The fraction of sp³-hybridized carbons (Fsp3) is 0.550. The van der Waals surface area contributed by atoms with Gasteiger partial charge in [0.2, 0.25) is 22.8 Å². The molecule has 0 spiro atoms. The third-order valence-corrected chi connectivity index (χ3v) is 6.89. The van der Waals surface area contributed by atoms with Crippen LogP contribution in [0.3, 0.4) is 0 Å². The van der Waals surface area contributed by atoms with E-state index in [9.17, 15) is 13.2 Å². The number of ether oxygens (including phenoxy) is 1. The van der Waals surface area contributed by atoms with Gasteiger partial charge < -0.3 is 15.4 Å². The van der Waals surface area contributed by atoms with Gasteiger partial charge in [-0.15, -0.1) is 0 Å². The number of aromatic amines is 1. The number of nitrogens with two attached hydrogens (primary N) is 1. The van der Waals surface area contributed by atoms with E-state index in [1.165, 1.54) is 0 Å². The average Bonchev–Trinajstić information content (AvgIpc) is 3.38. The molecule has 9 nitrogen and oxygen atoms in total. The van der Waals surface area contributed by atoms with Gasteiger partial charge in [0.05, 0.1) is 13.2 Å². The van der Waals surface area contributed by atoms with Crippen molar-refractivity contribution in [3.8, 4) is 0 Å². The first-order valence-corrected chi connectivity index (χ1v) is 10.7. The van der Waals surface area contributed by atoms with Crippen molar-refractivity contribution in [3.63, 3.8) is 0 Å². The minimum Gasteiger partial charge on any atom is -0.382 e. The summed E-state index contributed by atoms with van der Waals surface area (Å²) in [4.78, 5) is 21.9. The van der Waals surface area contributed by atoms with Crippen molar-refractivity contribution in [3.05, 3.63) is 17.8 Å². The molecule has 0 radical (unpaired) electrons. The number of fused-ring (bicyclic) bond motifs is 4. The molecule has 168 valence electrons. The topological polar surface area (TPSA) is 110 Å². The summed E-state index contributed by atoms with van der Waals surface area (Å²) in [6.07, 6.45) is 0.876. The van der Waals surface area contributed by atoms with E-state index in [0.717, 1.165) is 26.3 Å². The Balaban J connectivity index is 1.59. The Morgan fingerprint density at radius 1 is 1.34 bits per heavy atom. The second kappa shape index (κ2) is 6.50. The second-order valence-corrected chi connectivity index (χ2v) is 8.95. The summed E-state index contributed by atoms with van der Waals surface area (Å²) in [6, 6.07) is 0.348. The Kier molecular flexibility index (Phi) is 3.99. The lowest BCUT2D eigenvalue weighted by Gasteiger charge is -2.32. The first-order valence-electron chi connectivity index (χ1n) is 10.7. The molecule has 2 aromatic rings. The molecule has 1 atom stereocenters. The first-order chi connectivity index (χ1) is 15.2. The average molecular weight is 448 g/mol. The normalized spacial score (nSPS) is 29.4. The first kappa shape index (κ1) is 19.6. The largest absolute Gasteiger partial charge is 0.427 e. The predicted molar refractivity (Wildman–Crippen MR) is 109 cm³/mol. The maximum atomic E-state index is 14.0. The number of rotatable bonds is 2. The number of aromatic nitrogens is 4. The number of amidine groups is 1. The fourth-order valence-corrected chi connectivity index (χ4v) is 5.01. The highest BCUT2D eigenvalue weighted by Gasteiger charge is 2.61. The van der Waals surface area contributed by atoms with Crippen LogP contribution in [0.1, 0.15) is 31.4 Å². The lowest BCUT2D eigenvalue weighted by molar-refractivity contribution is -0.707. The standard InChI is InChI=1S/C20H21F3N8O/c1-19(20(21,22)23)18-27-14-16(30(18)2-3-32-19)28-15(11-6-25-8-13(24)26-7-11)29-17(14)31-9-10-4-12(31)5-10/h6-7,10,12H,2-5,8-9H2,1H3,(H2,24,25,26,28,29)/p+2. The van der Waals surface area contributed by atoms with E-state index < -0.39 is 11.8 Å². The van der Waals surface area contributed by atoms with Gasteiger partial charge in [0, 0.05) is 18.8 Å². The summed E-state index contributed by atoms with van der Waals surface area (Å²) in [7, 11) is 0. The van der Waals surface area contributed by atoms with Crippen LogP contribution in [0.15, 0.2) is 11.2 Å². The molecule has 3 fully saturated rings. The van der Waals surface area contributed by atoms with Gasteiger partial charge in [-0.1, -0.05) is 4.98 Å². The Bertz CT molecular complexity index is 1210. The summed E-state index contributed by atoms with van der Waals surface area (Å²) in [5, 5.41) is 0. The zero-order valence-electron chi connectivity index (χ0n) is 17.4. The maximum Gasteiger partial charge on any atom is 0.427 e. The van der Waals surface area contributed by atoms with Crippen LogP contribution in [0.2, 0.25) is 0 Å². The Morgan fingerprint density at radius 2 is 2.16 bits per heavy atom. The van der Waals surface area contributed by atoms with Crippen LogP contribution >= 0.6 is 0 Å². The van der Waals surface area contributed by atoms with E-state index in [4.69, 9.17) is 15.5 Å². The lowest BCUT2D eigenvalue weighted by atomic mass is 9.86. The SMILES string of the molecule is CC1(C(F)(F)F)OCC[n+]2c1[nH]c1c(N3CC4CC3C4)nc(C3=CN=C(N)C[NH+]=C3)nc12. The van der Waals surface area contributed by atoms with Gasteiger partial charge in [-0.3, -0.25) is 4.98 Å². The van der Waals surface area contributed by atoms with Gasteiger partial charge in [0.15, 0.2) is 24.4 Å². The van der Waals surface area contributed by atoms with E-state index in [2.05, 4.69) is 24.9 Å². The van der Waals surface area contributed by atoms with Crippen LogP contribution in [0.5, 0.6) is 0 Å². The number of allylic oxidation sites excluding steroid dienone is 1. The zero-order valence-corrected chi connectivity index (χ0v) is 17.4. The van der Waals surface area contributed by atoms with E-state index in [0.29, 0.717) is 52.7 Å². The van der Waals surface area contributed by atoms with Gasteiger partial charge in [0.1, 0.15) is 5.57 Å². The van der Waals surface area contributed by atoms with Crippen LogP contribution in [0, 0.1) is 5.92 Å². The summed E-state index contributed by atoms with van der Waals surface area (Å²) in [6.45, 7) is 2.47. The minimum absolute atomic E-state index is 0.0651. The number of alkyl halides is 3. The van der Waals surface area contributed by atoms with Crippen LogP contribution < -0.4 is 20.2 Å². The molecular formula is C20H23F3N8O+2. The lowest BCUT2D eigenvalue weighted by Crippen LogP contribution is -2.72. The van der Waals surface area contributed by atoms with Crippen molar-refractivity contribution in [1.29, 1.82) is 0 Å². The van der Waals surface area contributed by atoms with E-state index in [1.54, 1.807) is 17.0 Å². The highest BCUT2D eigenvalue weighted by molar-refractivity contribution is 6.07. The van der Waals surface area contributed by atoms with Crippen molar-refractivity contribution in [1.82, 2.24) is 15.0 Å². The number of hydrogen-bond acceptors (Lipinski definition) is 6. The molecule has 4 aliphatic heterocycles. The number of aliphatic imine (C=N–C) groups is 1. The number of H-pyrrole nitrogens is 1. The number of nitrogens with zero attached hydrogens (tertiary/aromatic N) is 5. The van der Waals surface area contributed by atoms with Crippen molar-refractivity contribution in [2.24, 2.45) is 16.6 Å². The van der Waals surface area contributed by atoms with Crippen molar-refractivity contribution in [2.45, 2.75) is 44.1 Å². The van der Waals surface area contributed by atoms with Crippen LogP contribution in [0.4, 0.5) is 19.0 Å². The molecule has 32 heavy (non-hydrogen) atoms. The molecule has 1 saturated carbocycles. The third kappa shape index (κ3) is 2.71. The molecule has 0 amide bonds. The number of halogens is 3. The molecule has 7 rings (SSSR count). The van der Waals surface area contributed by atoms with Gasteiger partial charge in [-0.05, 0) is 25.7 Å². The van der Waals surface area contributed by atoms with E-state index >= 15 is 0 Å². The number of anilines is 1. The van der Waals surface area contributed by atoms with Crippen molar-refractivity contribution < 1.29 is 27.5 Å². The molecule has 1 aliphatic carbocycles. The van der Waals surface area contributed by atoms with E-state index in [-0.39, 0.29) is 19.0 Å². The van der Waals surface area contributed by atoms with Gasteiger partial charge in [-0.25, -0.2) is 14.6 Å². The van der Waals surface area contributed by atoms with Crippen LogP contribution in [-0.4, -0.2) is 58.9 Å². The number of nitrogens with one attached hydrogen (secondary N) is 2. The quantitative estimate of drug-likeness (QED) is 0.538. The van der Waals surface area contributed by atoms with Gasteiger partial charge in [-0.2, -0.15) is 18.2 Å². The van der Waals surface area contributed by atoms with Crippen molar-refractivity contribution >= 4 is 34.6 Å². The Hall–Kier alpha value is -3.02. The molecule has 2 bridgehead atoms. The Labute approximate surface area is 180 Å². The third-order valence-electron chi connectivity index (χ3n) is 6.89. The minimum atomic E-state index is -4.59. The molecule has 6 heterocycles. The molecule has 12 heteroatoms. The molecule has 5 aliphatic rings. The second-order valence-electron chi connectivity index (χ2n) is 8.95. The van der Waals surface area contributed by atoms with Crippen molar-refractivity contribution in [2.75, 3.05) is 24.6 Å². The molecule has 4 N–H and O–H groups in total. The molecule has 0 aromatic carbocycles. The number of imidazole rings is 1. The molecular weight excluding hydrogens is 425 g/mol. The summed E-state index contributed by atoms with van der Waals surface area (Å²) in [5.74, 6) is 1.97. The highest BCUT2D eigenvalue weighted by Crippen LogP contribution is 2.46. The fourth-order valence-electron chi connectivity index (χ4n) is 5.01. The molecule has 1 unspecified atom stereocenters. The van der Waals surface area contributed by atoms with Gasteiger partial charge >= 0.3 is 11.8 Å². The summed E-state index contributed by atoms with van der Waals surface area (Å²) in [5.41, 5.74) is 4.90. The maximum absolute atomic E-state index is 14.0. The van der Waals surface area contributed by atoms with E-state index in [1.807, 2.05) is 0 Å². The summed E-state index contributed by atoms with van der Waals surface area (Å²) < 4.78 is 48.8.